The molecule has 0 aliphatic heterocycles. The van der Waals surface area contributed by atoms with Crippen LogP contribution in [0, 0.1) is 19.8 Å². The van der Waals surface area contributed by atoms with Gasteiger partial charge in [0.2, 0.25) is 0 Å². The minimum Gasteiger partial charge on any atom is -0.394 e. The lowest BCUT2D eigenvalue weighted by Crippen LogP contribution is -2.38. The monoisotopic (exact) mass is 334 g/mol. The minimum absolute atomic E-state index is 0.0299. The first-order chi connectivity index (χ1) is 10.9. The van der Waals surface area contributed by atoms with Crippen LogP contribution in [-0.4, -0.2) is 28.2 Å². The maximum Gasteiger partial charge on any atom is 0.253 e. The summed E-state index contributed by atoms with van der Waals surface area (Å²) in [4.78, 5) is 13.8. The molecule has 2 heterocycles. The summed E-state index contributed by atoms with van der Waals surface area (Å²) in [5, 5.41) is 14.5. The van der Waals surface area contributed by atoms with Crippen LogP contribution in [0.15, 0.2) is 23.6 Å². The predicted octanol–water partition coefficient (Wildman–Crippen LogP) is 3.35. The zero-order valence-corrected chi connectivity index (χ0v) is 15.1. The van der Waals surface area contributed by atoms with Gasteiger partial charge in [0.1, 0.15) is 0 Å². The molecule has 0 aliphatic carbocycles. The van der Waals surface area contributed by atoms with Crippen LogP contribution in [0.5, 0.6) is 0 Å². The number of hydrogen-bond acceptors (Lipinski definition) is 3. The fourth-order valence-corrected chi connectivity index (χ4v) is 3.54. The molecule has 0 aromatic carbocycles. The molecule has 0 aliphatic rings. The molecule has 1 unspecified atom stereocenters. The number of hydrogen-bond donors (Lipinski definition) is 2. The highest BCUT2D eigenvalue weighted by atomic mass is 32.1. The van der Waals surface area contributed by atoms with E-state index in [1.807, 2.05) is 26.0 Å². The number of aryl methyl sites for hydroxylation is 1. The number of nitrogens with zero attached hydrogens (tertiary/aromatic N) is 1. The van der Waals surface area contributed by atoms with E-state index in [1.54, 1.807) is 11.3 Å². The lowest BCUT2D eigenvalue weighted by Gasteiger charge is -2.18. The van der Waals surface area contributed by atoms with Crippen LogP contribution in [0.25, 0.3) is 0 Å². The van der Waals surface area contributed by atoms with E-state index in [4.69, 9.17) is 0 Å². The molecule has 5 heteroatoms. The van der Waals surface area contributed by atoms with Crippen LogP contribution in [0.2, 0.25) is 0 Å². The summed E-state index contributed by atoms with van der Waals surface area (Å²) in [6, 6.07) is 5.89. The van der Waals surface area contributed by atoms with E-state index in [1.165, 1.54) is 4.88 Å². The highest BCUT2D eigenvalue weighted by Crippen LogP contribution is 2.19. The maximum absolute atomic E-state index is 12.6. The Kier molecular flexibility index (Phi) is 6.02. The van der Waals surface area contributed by atoms with E-state index in [-0.39, 0.29) is 18.6 Å². The third-order valence-electron chi connectivity index (χ3n) is 4.02. The van der Waals surface area contributed by atoms with Crippen LogP contribution >= 0.6 is 11.3 Å². The molecule has 2 aromatic rings. The van der Waals surface area contributed by atoms with E-state index in [0.717, 1.165) is 24.4 Å². The smallest absolute Gasteiger partial charge is 0.253 e. The summed E-state index contributed by atoms with van der Waals surface area (Å²) in [5.74, 6) is 0.328. The molecule has 2 rings (SSSR count). The Morgan fingerprint density at radius 2 is 2.13 bits per heavy atom. The Morgan fingerprint density at radius 1 is 1.39 bits per heavy atom. The average Bonchev–Trinajstić information content (AvgIpc) is 3.09. The molecule has 2 N–H and O–H groups in total. The van der Waals surface area contributed by atoms with Gasteiger partial charge in [-0.1, -0.05) is 19.9 Å². The van der Waals surface area contributed by atoms with Crippen molar-refractivity contribution in [1.29, 1.82) is 0 Å². The lowest BCUT2D eigenvalue weighted by molar-refractivity contribution is 0.0907. The van der Waals surface area contributed by atoms with Crippen molar-refractivity contribution in [3.05, 3.63) is 45.4 Å². The molecule has 1 amide bonds. The summed E-state index contributed by atoms with van der Waals surface area (Å²) in [7, 11) is 0. The van der Waals surface area contributed by atoms with Gasteiger partial charge in [-0.15, -0.1) is 11.3 Å². The summed E-state index contributed by atoms with van der Waals surface area (Å²) in [6.45, 7) is 8.93. The average molecular weight is 334 g/mol. The van der Waals surface area contributed by atoms with Gasteiger partial charge < -0.3 is 15.0 Å². The molecule has 0 saturated heterocycles. The third-order valence-corrected chi connectivity index (χ3v) is 4.88. The van der Waals surface area contributed by atoms with Crippen LogP contribution in [-0.2, 0) is 6.54 Å². The summed E-state index contributed by atoms with van der Waals surface area (Å²) >= 11 is 1.72. The molecule has 2 aromatic heterocycles. The first-order valence-electron chi connectivity index (χ1n) is 8.03. The molecule has 23 heavy (non-hydrogen) atoms. The fourth-order valence-electron chi connectivity index (χ4n) is 2.84. The van der Waals surface area contributed by atoms with Gasteiger partial charge in [0.05, 0.1) is 24.8 Å². The summed E-state index contributed by atoms with van der Waals surface area (Å²) in [6.07, 6.45) is 0.774. The van der Waals surface area contributed by atoms with E-state index in [9.17, 15) is 9.90 Å². The molecular formula is C18H26N2O2S. The number of aromatic nitrogens is 1. The van der Waals surface area contributed by atoms with Gasteiger partial charge in [-0.05, 0) is 43.7 Å². The van der Waals surface area contributed by atoms with Gasteiger partial charge in [0.25, 0.3) is 5.91 Å². The number of amides is 1. The lowest BCUT2D eigenvalue weighted by atomic mass is 10.0. The van der Waals surface area contributed by atoms with Crippen molar-refractivity contribution in [1.82, 2.24) is 9.88 Å². The number of thiophene rings is 1. The number of rotatable bonds is 7. The van der Waals surface area contributed by atoms with Gasteiger partial charge in [0.15, 0.2) is 0 Å². The normalized spacial score (nSPS) is 12.6. The molecule has 4 nitrogen and oxygen atoms in total. The van der Waals surface area contributed by atoms with E-state index in [0.29, 0.717) is 11.5 Å². The predicted molar refractivity (Wildman–Crippen MR) is 95.1 cm³/mol. The highest BCUT2D eigenvalue weighted by Gasteiger charge is 2.19. The number of aliphatic hydroxyl groups is 1. The molecule has 0 bridgehead atoms. The second kappa shape index (κ2) is 7.79. The number of carbonyl (C=O) groups is 1. The van der Waals surface area contributed by atoms with Crippen molar-refractivity contribution in [3.63, 3.8) is 0 Å². The molecule has 126 valence electrons. The third kappa shape index (κ3) is 4.45. The quantitative estimate of drug-likeness (QED) is 0.816. The number of carbonyl (C=O) groups excluding carboxylic acids is 1. The van der Waals surface area contributed by atoms with Crippen molar-refractivity contribution >= 4 is 17.2 Å². The first kappa shape index (κ1) is 17.8. The fraction of sp³-hybridized carbons (Fsp3) is 0.500. The van der Waals surface area contributed by atoms with Crippen molar-refractivity contribution in [2.45, 2.75) is 46.7 Å². The molecule has 0 fully saturated rings. The van der Waals surface area contributed by atoms with Gasteiger partial charge >= 0.3 is 0 Å². The first-order valence-corrected chi connectivity index (χ1v) is 8.91. The van der Waals surface area contributed by atoms with Crippen LogP contribution in [0.3, 0.4) is 0 Å². The highest BCUT2D eigenvalue weighted by molar-refractivity contribution is 7.09. The van der Waals surface area contributed by atoms with E-state index < -0.39 is 0 Å². The molecular weight excluding hydrogens is 308 g/mol. The Morgan fingerprint density at radius 3 is 2.70 bits per heavy atom. The van der Waals surface area contributed by atoms with Crippen LogP contribution in [0.4, 0.5) is 0 Å². The van der Waals surface area contributed by atoms with E-state index in [2.05, 4.69) is 35.2 Å². The van der Waals surface area contributed by atoms with Gasteiger partial charge in [-0.2, -0.15) is 0 Å². The van der Waals surface area contributed by atoms with Crippen molar-refractivity contribution in [3.8, 4) is 0 Å². The van der Waals surface area contributed by atoms with Gasteiger partial charge in [-0.3, -0.25) is 4.79 Å². The largest absolute Gasteiger partial charge is 0.394 e. The van der Waals surface area contributed by atoms with Crippen LogP contribution in [0.1, 0.15) is 46.9 Å². The minimum atomic E-state index is -0.192. The Bertz CT molecular complexity index is 644. The topological polar surface area (TPSA) is 54.3 Å². The molecule has 0 spiro atoms. The summed E-state index contributed by atoms with van der Waals surface area (Å²) < 4.78 is 2.16. The molecule has 0 saturated carbocycles. The Hall–Kier alpha value is -1.59. The van der Waals surface area contributed by atoms with Crippen LogP contribution < -0.4 is 5.32 Å². The maximum atomic E-state index is 12.6. The standard InChI is InChI=1S/C18H26N2O2S/c1-12(2)8-15(11-21)19-18(22)17-9-13(3)20(14(17)4)10-16-6-5-7-23-16/h5-7,9,12,15,21H,8,10-11H2,1-4H3,(H,19,22). The molecule has 0 radical (unpaired) electrons. The van der Waals surface area contributed by atoms with Gasteiger partial charge in [0, 0.05) is 16.3 Å². The van der Waals surface area contributed by atoms with Crippen molar-refractivity contribution in [2.75, 3.05) is 6.61 Å². The second-order valence-corrected chi connectivity index (χ2v) is 7.47. The zero-order valence-electron chi connectivity index (χ0n) is 14.3. The molecule has 1 atom stereocenters. The van der Waals surface area contributed by atoms with E-state index >= 15 is 0 Å². The van der Waals surface area contributed by atoms with Crippen molar-refractivity contribution < 1.29 is 9.90 Å². The number of nitrogens with one attached hydrogen (secondary N) is 1. The summed E-state index contributed by atoms with van der Waals surface area (Å²) in [5.41, 5.74) is 2.74. The Balaban J connectivity index is 2.15. The zero-order chi connectivity index (χ0) is 17.0. The number of aliphatic hydroxyl groups excluding tert-OH is 1. The Labute approximate surface area is 142 Å². The second-order valence-electron chi connectivity index (χ2n) is 6.43. The SMILES string of the molecule is Cc1cc(C(=O)NC(CO)CC(C)C)c(C)n1Cc1cccs1. The van der Waals surface area contributed by atoms with Crippen molar-refractivity contribution in [2.24, 2.45) is 5.92 Å². The van der Waals surface area contributed by atoms with Gasteiger partial charge in [-0.25, -0.2) is 0 Å².